The Hall–Kier alpha value is -1.43. The molecule has 0 atom stereocenters. The van der Waals surface area contributed by atoms with Crippen molar-refractivity contribution in [3.63, 3.8) is 0 Å². The van der Waals surface area contributed by atoms with Gasteiger partial charge in [-0.15, -0.1) is 10.2 Å². The maximum absolute atomic E-state index is 11.0. The second-order valence-electron chi connectivity index (χ2n) is 2.34. The molecule has 0 aromatic carbocycles. The first kappa shape index (κ1) is 9.66. The molecular weight excluding hydrogens is 174 g/mol. The monoisotopic (exact) mass is 185 g/mol. The van der Waals surface area contributed by atoms with Crippen molar-refractivity contribution in [2.75, 3.05) is 6.61 Å². The van der Waals surface area contributed by atoms with Gasteiger partial charge in [0.15, 0.2) is 5.82 Å². The van der Waals surface area contributed by atoms with E-state index in [9.17, 15) is 4.79 Å². The third-order valence-corrected chi connectivity index (χ3v) is 1.44. The van der Waals surface area contributed by atoms with Crippen molar-refractivity contribution in [1.82, 2.24) is 14.8 Å². The van der Waals surface area contributed by atoms with Crippen LogP contribution < -0.4 is 0 Å². The lowest BCUT2D eigenvalue weighted by atomic mass is 10.5. The molecule has 0 radical (unpaired) electrons. The highest BCUT2D eigenvalue weighted by Gasteiger charge is 2.07. The lowest BCUT2D eigenvalue weighted by Crippen LogP contribution is -2.14. The lowest BCUT2D eigenvalue weighted by Gasteiger charge is -2.03. The Balaban J connectivity index is 2.57. The van der Waals surface area contributed by atoms with Crippen LogP contribution in [-0.4, -0.2) is 32.4 Å². The van der Waals surface area contributed by atoms with Crippen LogP contribution in [-0.2, 0) is 22.7 Å². The highest BCUT2D eigenvalue weighted by molar-refractivity contribution is 5.69. The van der Waals surface area contributed by atoms with Gasteiger partial charge in [0.1, 0.15) is 19.5 Å². The minimum Gasteiger partial charge on any atom is -0.465 e. The summed E-state index contributed by atoms with van der Waals surface area (Å²) in [5.74, 6) is -0.00921. The summed E-state index contributed by atoms with van der Waals surface area (Å²) in [6.45, 7) is 1.88. The molecule has 0 amide bonds. The number of aliphatic hydroxyl groups excluding tert-OH is 1. The molecule has 1 aromatic rings. The van der Waals surface area contributed by atoms with Gasteiger partial charge in [-0.05, 0) is 6.92 Å². The van der Waals surface area contributed by atoms with E-state index in [2.05, 4.69) is 10.2 Å². The van der Waals surface area contributed by atoms with Gasteiger partial charge in [-0.3, -0.25) is 4.79 Å². The summed E-state index contributed by atoms with van der Waals surface area (Å²) in [4.78, 5) is 11.0. The second-order valence-corrected chi connectivity index (χ2v) is 2.34. The Morgan fingerprint density at radius 1 is 1.77 bits per heavy atom. The first-order chi connectivity index (χ1) is 6.27. The van der Waals surface area contributed by atoms with E-state index in [0.717, 1.165) is 0 Å². The number of aliphatic hydroxyl groups is 1. The summed E-state index contributed by atoms with van der Waals surface area (Å²) < 4.78 is 6.16. The predicted molar refractivity (Wildman–Crippen MR) is 42.6 cm³/mol. The van der Waals surface area contributed by atoms with E-state index in [1.54, 1.807) is 6.92 Å². The molecular formula is C7H11N3O3. The number of rotatable bonds is 4. The van der Waals surface area contributed by atoms with Gasteiger partial charge >= 0.3 is 5.97 Å². The van der Waals surface area contributed by atoms with E-state index in [1.165, 1.54) is 10.9 Å². The average Bonchev–Trinajstić information content (AvgIpc) is 2.52. The highest BCUT2D eigenvalue weighted by atomic mass is 16.5. The van der Waals surface area contributed by atoms with Crippen LogP contribution in [0.1, 0.15) is 12.7 Å². The maximum Gasteiger partial charge on any atom is 0.326 e. The number of aromatic nitrogens is 3. The largest absolute Gasteiger partial charge is 0.465 e. The van der Waals surface area contributed by atoms with E-state index in [4.69, 9.17) is 9.84 Å². The molecule has 0 bridgehead atoms. The molecule has 0 saturated carbocycles. The quantitative estimate of drug-likeness (QED) is 0.630. The molecule has 1 aromatic heterocycles. The van der Waals surface area contributed by atoms with Gasteiger partial charge in [-0.25, -0.2) is 0 Å². The van der Waals surface area contributed by atoms with Gasteiger partial charge < -0.3 is 14.4 Å². The van der Waals surface area contributed by atoms with Crippen molar-refractivity contribution < 1.29 is 14.6 Å². The zero-order valence-electron chi connectivity index (χ0n) is 7.30. The summed E-state index contributed by atoms with van der Waals surface area (Å²) in [7, 11) is 0. The Labute approximate surface area is 75.2 Å². The zero-order chi connectivity index (χ0) is 9.68. The highest BCUT2D eigenvalue weighted by Crippen LogP contribution is 1.95. The lowest BCUT2D eigenvalue weighted by molar-refractivity contribution is -0.143. The Bertz CT molecular complexity index is 284. The molecule has 72 valence electrons. The van der Waals surface area contributed by atoms with E-state index < -0.39 is 0 Å². The third kappa shape index (κ3) is 2.51. The van der Waals surface area contributed by atoms with E-state index in [0.29, 0.717) is 12.4 Å². The van der Waals surface area contributed by atoms with Gasteiger partial charge in [0.25, 0.3) is 0 Å². The second kappa shape index (κ2) is 4.56. The molecule has 0 aliphatic heterocycles. The minimum absolute atomic E-state index is 0.0384. The van der Waals surface area contributed by atoms with E-state index >= 15 is 0 Å². The van der Waals surface area contributed by atoms with Crippen molar-refractivity contribution in [3.8, 4) is 0 Å². The maximum atomic E-state index is 11.0. The smallest absolute Gasteiger partial charge is 0.326 e. The van der Waals surface area contributed by atoms with Gasteiger partial charge in [0.2, 0.25) is 0 Å². The van der Waals surface area contributed by atoms with E-state index in [-0.39, 0.29) is 19.1 Å². The molecule has 0 aliphatic rings. The summed E-state index contributed by atoms with van der Waals surface area (Å²) in [5.41, 5.74) is 0. The van der Waals surface area contributed by atoms with Crippen LogP contribution in [0.4, 0.5) is 0 Å². The number of hydrogen-bond acceptors (Lipinski definition) is 5. The van der Waals surface area contributed by atoms with Gasteiger partial charge in [-0.2, -0.15) is 0 Å². The van der Waals surface area contributed by atoms with Crippen LogP contribution in [0.15, 0.2) is 6.33 Å². The molecule has 1 N–H and O–H groups in total. The van der Waals surface area contributed by atoms with Crippen LogP contribution >= 0.6 is 0 Å². The molecule has 0 saturated heterocycles. The van der Waals surface area contributed by atoms with Crippen LogP contribution in [0.25, 0.3) is 0 Å². The summed E-state index contributed by atoms with van der Waals surface area (Å²) in [6, 6.07) is 0. The van der Waals surface area contributed by atoms with Crippen LogP contribution in [0, 0.1) is 0 Å². The van der Waals surface area contributed by atoms with Crippen molar-refractivity contribution in [3.05, 3.63) is 12.2 Å². The first-order valence-corrected chi connectivity index (χ1v) is 3.91. The van der Waals surface area contributed by atoms with Gasteiger partial charge in [0.05, 0.1) is 6.61 Å². The molecule has 0 unspecified atom stereocenters. The Morgan fingerprint density at radius 2 is 2.54 bits per heavy atom. The van der Waals surface area contributed by atoms with Crippen molar-refractivity contribution in [2.45, 2.75) is 20.1 Å². The number of esters is 1. The number of carbonyl (C=O) groups is 1. The fourth-order valence-electron chi connectivity index (χ4n) is 0.879. The normalized spacial score (nSPS) is 10.0. The topological polar surface area (TPSA) is 77.2 Å². The fraction of sp³-hybridized carbons (Fsp3) is 0.571. The van der Waals surface area contributed by atoms with Crippen molar-refractivity contribution in [1.29, 1.82) is 0 Å². The molecule has 0 spiro atoms. The Morgan fingerprint density at radius 3 is 3.15 bits per heavy atom. The summed E-state index contributed by atoms with van der Waals surface area (Å²) >= 11 is 0. The minimum atomic E-state index is -0.364. The first-order valence-electron chi connectivity index (χ1n) is 3.91. The molecule has 6 nitrogen and oxygen atoms in total. The van der Waals surface area contributed by atoms with Gasteiger partial charge in [0, 0.05) is 0 Å². The molecule has 1 rings (SSSR count). The molecule has 1 heterocycles. The average molecular weight is 185 g/mol. The number of nitrogens with zero attached hydrogens (tertiary/aromatic N) is 3. The van der Waals surface area contributed by atoms with Gasteiger partial charge in [-0.1, -0.05) is 0 Å². The number of carbonyl (C=O) groups excluding carboxylic acids is 1. The van der Waals surface area contributed by atoms with Crippen LogP contribution in [0.3, 0.4) is 0 Å². The SMILES string of the molecule is CCOC(=O)Cn1cnnc1CO. The fourth-order valence-corrected chi connectivity index (χ4v) is 0.879. The summed E-state index contributed by atoms with van der Waals surface area (Å²) in [6.07, 6.45) is 1.38. The Kier molecular flexibility index (Phi) is 3.39. The number of ether oxygens (including phenoxy) is 1. The molecule has 0 aliphatic carbocycles. The third-order valence-electron chi connectivity index (χ3n) is 1.44. The zero-order valence-corrected chi connectivity index (χ0v) is 7.30. The van der Waals surface area contributed by atoms with Crippen LogP contribution in [0.5, 0.6) is 0 Å². The molecule has 0 fully saturated rings. The predicted octanol–water partition coefficient (Wildman–Crippen LogP) is -0.667. The van der Waals surface area contributed by atoms with Crippen LogP contribution in [0.2, 0.25) is 0 Å². The molecule has 6 heteroatoms. The molecule has 13 heavy (non-hydrogen) atoms. The van der Waals surface area contributed by atoms with E-state index in [1.807, 2.05) is 0 Å². The number of hydrogen-bond donors (Lipinski definition) is 1. The van der Waals surface area contributed by atoms with Crippen molar-refractivity contribution >= 4 is 5.97 Å². The standard InChI is InChI=1S/C7H11N3O3/c1-2-13-7(12)3-10-5-8-9-6(10)4-11/h5,11H,2-4H2,1H3. The summed E-state index contributed by atoms with van der Waals surface area (Å²) in [5, 5.41) is 15.9. The van der Waals surface area contributed by atoms with Crippen molar-refractivity contribution in [2.24, 2.45) is 0 Å².